The van der Waals surface area contributed by atoms with Crippen LogP contribution in [0.4, 0.5) is 11.5 Å². The molecule has 0 amide bonds. The van der Waals surface area contributed by atoms with Crippen molar-refractivity contribution in [2.24, 2.45) is 5.84 Å². The molecular formula is C22H23N5O5. The average Bonchev–Trinajstić information content (AvgIpc) is 3.28. The Morgan fingerprint density at radius 1 is 1.19 bits per heavy atom. The molecular weight excluding hydrogens is 414 g/mol. The van der Waals surface area contributed by atoms with Crippen molar-refractivity contribution >= 4 is 17.5 Å². The van der Waals surface area contributed by atoms with Crippen molar-refractivity contribution in [2.75, 3.05) is 11.2 Å². The lowest BCUT2D eigenvalue weighted by molar-refractivity contribution is 0.0694. The molecule has 0 saturated heterocycles. The Labute approximate surface area is 182 Å². The highest BCUT2D eigenvalue weighted by Crippen LogP contribution is 2.39. The number of aromatic nitrogens is 2. The van der Waals surface area contributed by atoms with Crippen LogP contribution in [0.15, 0.2) is 41.2 Å². The quantitative estimate of drug-likeness (QED) is 0.250. The van der Waals surface area contributed by atoms with Crippen LogP contribution in [0.1, 0.15) is 36.0 Å². The number of hydrogen-bond donors (Lipinski definition) is 6. The number of phenols is 1. The SMILES string of the molecule is NNc1nc(-c2ccc(-c3cccc(C(=O)O)c3O)cc2OC2CCCC2)[nH]c(=O)c1N. The summed E-state index contributed by atoms with van der Waals surface area (Å²) in [4.78, 5) is 30.6. The van der Waals surface area contributed by atoms with Crippen molar-refractivity contribution in [3.05, 3.63) is 52.3 Å². The van der Waals surface area contributed by atoms with Gasteiger partial charge in [-0.1, -0.05) is 18.2 Å². The second kappa shape index (κ2) is 8.60. The van der Waals surface area contributed by atoms with E-state index in [0.717, 1.165) is 25.7 Å². The highest BCUT2D eigenvalue weighted by Gasteiger charge is 2.22. The van der Waals surface area contributed by atoms with Crippen LogP contribution < -0.4 is 27.3 Å². The van der Waals surface area contributed by atoms with Crippen LogP contribution in [0.3, 0.4) is 0 Å². The van der Waals surface area contributed by atoms with Crippen molar-refractivity contribution in [3.8, 4) is 34.0 Å². The lowest BCUT2D eigenvalue weighted by Crippen LogP contribution is -2.21. The Balaban J connectivity index is 1.85. The third kappa shape index (κ3) is 3.95. The van der Waals surface area contributed by atoms with Gasteiger partial charge >= 0.3 is 5.97 Å². The number of aromatic amines is 1. The smallest absolute Gasteiger partial charge is 0.339 e. The molecule has 0 atom stereocenters. The predicted octanol–water partition coefficient (Wildman–Crippen LogP) is 2.70. The summed E-state index contributed by atoms with van der Waals surface area (Å²) >= 11 is 0. The predicted molar refractivity (Wildman–Crippen MR) is 119 cm³/mol. The maximum atomic E-state index is 12.2. The molecule has 32 heavy (non-hydrogen) atoms. The van der Waals surface area contributed by atoms with Gasteiger partial charge in [-0.05, 0) is 49.4 Å². The van der Waals surface area contributed by atoms with Gasteiger partial charge in [-0.3, -0.25) is 4.79 Å². The fourth-order valence-electron chi connectivity index (χ4n) is 3.84. The summed E-state index contributed by atoms with van der Waals surface area (Å²) in [5.74, 6) is 4.55. The molecule has 10 nitrogen and oxygen atoms in total. The minimum atomic E-state index is -1.23. The first-order valence-electron chi connectivity index (χ1n) is 10.1. The van der Waals surface area contributed by atoms with Crippen LogP contribution in [0.2, 0.25) is 0 Å². The summed E-state index contributed by atoms with van der Waals surface area (Å²) in [6.45, 7) is 0. The number of carboxylic acids is 1. The van der Waals surface area contributed by atoms with Gasteiger partial charge in [-0.15, -0.1) is 0 Å². The van der Waals surface area contributed by atoms with Crippen LogP contribution in [0, 0.1) is 0 Å². The second-order valence-corrected chi connectivity index (χ2v) is 7.56. The molecule has 0 bridgehead atoms. The molecule has 1 aliphatic rings. The number of aromatic hydroxyl groups is 1. The number of carbonyl (C=O) groups is 1. The number of hydrazine groups is 1. The normalized spacial score (nSPS) is 13.8. The Bertz CT molecular complexity index is 1230. The Kier molecular flexibility index (Phi) is 5.69. The number of hydrogen-bond acceptors (Lipinski definition) is 8. The number of H-pyrrole nitrogens is 1. The minimum Gasteiger partial charge on any atom is -0.506 e. The Morgan fingerprint density at radius 3 is 2.62 bits per heavy atom. The average molecular weight is 437 g/mol. The number of rotatable bonds is 6. The van der Waals surface area contributed by atoms with Crippen LogP contribution >= 0.6 is 0 Å². The third-order valence-corrected chi connectivity index (χ3v) is 5.50. The number of nitrogen functional groups attached to an aromatic ring is 2. The number of aromatic carboxylic acids is 1. The van der Waals surface area contributed by atoms with Gasteiger partial charge in [-0.25, -0.2) is 15.6 Å². The summed E-state index contributed by atoms with van der Waals surface area (Å²) in [6, 6.07) is 9.57. The Hall–Kier alpha value is -4.05. The largest absolute Gasteiger partial charge is 0.506 e. The van der Waals surface area contributed by atoms with Crippen molar-refractivity contribution in [3.63, 3.8) is 0 Å². The minimum absolute atomic E-state index is 0.00411. The first-order valence-corrected chi connectivity index (χ1v) is 10.1. The summed E-state index contributed by atoms with van der Waals surface area (Å²) in [5, 5.41) is 19.8. The molecule has 1 saturated carbocycles. The maximum absolute atomic E-state index is 12.2. The number of ether oxygens (including phenoxy) is 1. The number of benzene rings is 2. The van der Waals surface area contributed by atoms with E-state index in [1.54, 1.807) is 30.3 Å². The number of para-hydroxylation sites is 1. The van der Waals surface area contributed by atoms with Crippen LogP contribution in [-0.2, 0) is 0 Å². The molecule has 1 aromatic heterocycles. The van der Waals surface area contributed by atoms with Gasteiger partial charge in [0.05, 0.1) is 11.7 Å². The maximum Gasteiger partial charge on any atom is 0.339 e. The molecule has 2 aromatic carbocycles. The number of nitrogens with two attached hydrogens (primary N) is 2. The summed E-state index contributed by atoms with van der Waals surface area (Å²) < 4.78 is 6.24. The molecule has 1 heterocycles. The standard InChI is InChI=1S/C22H23N5O5/c23-17-20(27-24)25-19(26-21(17)29)14-9-8-11(10-16(14)32-12-4-1-2-5-12)13-6-3-7-15(18(13)28)22(30)31/h3,6-10,12,28H,1-2,4-5,23-24H2,(H,30,31)(H2,25,26,27,29). The van der Waals surface area contributed by atoms with E-state index < -0.39 is 11.5 Å². The van der Waals surface area contributed by atoms with E-state index in [4.69, 9.17) is 16.3 Å². The highest BCUT2D eigenvalue weighted by molar-refractivity contribution is 5.94. The molecule has 4 rings (SSSR count). The van der Waals surface area contributed by atoms with Crippen molar-refractivity contribution in [1.29, 1.82) is 0 Å². The number of nitrogens with zero attached hydrogens (tertiary/aromatic N) is 1. The zero-order chi connectivity index (χ0) is 22.8. The summed E-state index contributed by atoms with van der Waals surface area (Å²) in [7, 11) is 0. The van der Waals surface area contributed by atoms with Gasteiger partial charge in [0.15, 0.2) is 5.82 Å². The highest BCUT2D eigenvalue weighted by atomic mass is 16.5. The van der Waals surface area contributed by atoms with E-state index in [1.165, 1.54) is 6.07 Å². The molecule has 8 N–H and O–H groups in total. The third-order valence-electron chi connectivity index (χ3n) is 5.50. The zero-order valence-corrected chi connectivity index (χ0v) is 17.1. The Morgan fingerprint density at radius 2 is 1.94 bits per heavy atom. The molecule has 0 radical (unpaired) electrons. The first kappa shape index (κ1) is 21.2. The molecule has 3 aromatic rings. The molecule has 10 heteroatoms. The van der Waals surface area contributed by atoms with E-state index in [2.05, 4.69) is 15.4 Å². The number of anilines is 2. The van der Waals surface area contributed by atoms with Crippen LogP contribution in [0.5, 0.6) is 11.5 Å². The van der Waals surface area contributed by atoms with E-state index in [1.807, 2.05) is 0 Å². The molecule has 1 fully saturated rings. The molecule has 166 valence electrons. The zero-order valence-electron chi connectivity index (χ0n) is 17.1. The topological polar surface area (TPSA) is 177 Å². The van der Waals surface area contributed by atoms with Crippen LogP contribution in [0.25, 0.3) is 22.5 Å². The van der Waals surface area contributed by atoms with Gasteiger partial charge < -0.3 is 31.1 Å². The first-order chi connectivity index (χ1) is 15.4. The molecule has 0 aliphatic heterocycles. The second-order valence-electron chi connectivity index (χ2n) is 7.56. The fraction of sp³-hybridized carbons (Fsp3) is 0.227. The van der Waals surface area contributed by atoms with Gasteiger partial charge in [-0.2, -0.15) is 0 Å². The van der Waals surface area contributed by atoms with Gasteiger partial charge in [0, 0.05) is 5.56 Å². The van der Waals surface area contributed by atoms with Crippen molar-refractivity contribution < 1.29 is 19.7 Å². The van der Waals surface area contributed by atoms with E-state index in [0.29, 0.717) is 22.4 Å². The lowest BCUT2D eigenvalue weighted by atomic mass is 9.99. The van der Waals surface area contributed by atoms with E-state index in [9.17, 15) is 19.8 Å². The van der Waals surface area contributed by atoms with Gasteiger partial charge in [0.1, 0.15) is 28.6 Å². The molecule has 0 unspecified atom stereocenters. The summed E-state index contributed by atoms with van der Waals surface area (Å²) in [6.07, 6.45) is 3.89. The monoisotopic (exact) mass is 437 g/mol. The van der Waals surface area contributed by atoms with Gasteiger partial charge in [0.25, 0.3) is 5.56 Å². The van der Waals surface area contributed by atoms with E-state index in [-0.39, 0.29) is 34.7 Å². The molecule has 0 spiro atoms. The number of carboxylic acid groups (broad SMARTS) is 1. The number of nitrogens with one attached hydrogen (secondary N) is 2. The fourth-order valence-corrected chi connectivity index (χ4v) is 3.84. The lowest BCUT2D eigenvalue weighted by Gasteiger charge is -2.18. The van der Waals surface area contributed by atoms with Crippen molar-refractivity contribution in [2.45, 2.75) is 31.8 Å². The van der Waals surface area contributed by atoms with Crippen molar-refractivity contribution in [1.82, 2.24) is 9.97 Å². The van der Waals surface area contributed by atoms with Crippen LogP contribution in [-0.4, -0.2) is 32.3 Å². The van der Waals surface area contributed by atoms with E-state index >= 15 is 0 Å². The summed E-state index contributed by atoms with van der Waals surface area (Å²) in [5.41, 5.74) is 8.54. The van der Waals surface area contributed by atoms with Gasteiger partial charge in [0.2, 0.25) is 0 Å². The molecule has 1 aliphatic carbocycles.